The van der Waals surface area contributed by atoms with Crippen LogP contribution >= 0.6 is 23.1 Å². The van der Waals surface area contributed by atoms with E-state index in [9.17, 15) is 9.59 Å². The Balaban J connectivity index is 1.68. The van der Waals surface area contributed by atoms with Crippen molar-refractivity contribution in [3.63, 3.8) is 0 Å². The maximum Gasteiger partial charge on any atom is 0.225 e. The molecule has 0 fully saturated rings. The zero-order valence-electron chi connectivity index (χ0n) is 18.0. The van der Waals surface area contributed by atoms with Gasteiger partial charge in [-0.25, -0.2) is 9.97 Å². The highest BCUT2D eigenvalue weighted by atomic mass is 32.2. The molecule has 2 aromatic heterocycles. The second-order valence-electron chi connectivity index (χ2n) is 8.47. The van der Waals surface area contributed by atoms with E-state index in [1.54, 1.807) is 0 Å². The SMILES string of the molecule is CC(C)c1nc(SCC(=O)c2ccc(CNC(=O)C(C)(C)C)s2)c2ccccc2n1. The van der Waals surface area contributed by atoms with Crippen molar-refractivity contribution in [2.45, 2.75) is 52.1 Å². The molecule has 0 aliphatic heterocycles. The van der Waals surface area contributed by atoms with E-state index in [2.05, 4.69) is 24.1 Å². The van der Waals surface area contributed by atoms with Crippen molar-refractivity contribution in [2.24, 2.45) is 5.41 Å². The fourth-order valence-corrected chi connectivity index (χ4v) is 4.58. The number of rotatable bonds is 7. The first-order valence-corrected chi connectivity index (χ1v) is 11.7. The van der Waals surface area contributed by atoms with Gasteiger partial charge < -0.3 is 5.32 Å². The summed E-state index contributed by atoms with van der Waals surface area (Å²) in [6.07, 6.45) is 0. The molecule has 1 amide bonds. The predicted octanol–water partition coefficient (Wildman–Crippen LogP) is 5.45. The number of fused-ring (bicyclic) bond motifs is 1. The van der Waals surface area contributed by atoms with Crippen molar-refractivity contribution in [1.29, 1.82) is 0 Å². The fraction of sp³-hybridized carbons (Fsp3) is 0.391. The number of thioether (sulfide) groups is 1. The molecule has 0 bridgehead atoms. The summed E-state index contributed by atoms with van der Waals surface area (Å²) >= 11 is 2.88. The van der Waals surface area contributed by atoms with Gasteiger partial charge in [-0.15, -0.1) is 11.3 Å². The van der Waals surface area contributed by atoms with E-state index in [1.165, 1.54) is 23.1 Å². The first kappa shape index (κ1) is 22.4. The fourth-order valence-electron chi connectivity index (χ4n) is 2.69. The van der Waals surface area contributed by atoms with Crippen LogP contribution in [0.15, 0.2) is 41.4 Å². The monoisotopic (exact) mass is 441 g/mol. The van der Waals surface area contributed by atoms with Crippen LogP contribution in [0, 0.1) is 5.41 Å². The zero-order chi connectivity index (χ0) is 21.9. The number of para-hydroxylation sites is 1. The molecule has 0 unspecified atom stereocenters. The summed E-state index contributed by atoms with van der Waals surface area (Å²) in [5, 5.41) is 4.73. The van der Waals surface area contributed by atoms with Crippen molar-refractivity contribution in [3.8, 4) is 0 Å². The minimum Gasteiger partial charge on any atom is -0.351 e. The Morgan fingerprint density at radius 3 is 2.53 bits per heavy atom. The van der Waals surface area contributed by atoms with Crippen LogP contribution in [-0.4, -0.2) is 27.4 Å². The lowest BCUT2D eigenvalue weighted by molar-refractivity contribution is -0.128. The highest BCUT2D eigenvalue weighted by molar-refractivity contribution is 8.00. The van der Waals surface area contributed by atoms with Gasteiger partial charge in [0, 0.05) is 21.6 Å². The van der Waals surface area contributed by atoms with Gasteiger partial charge in [-0.2, -0.15) is 0 Å². The Morgan fingerprint density at radius 2 is 1.83 bits per heavy atom. The summed E-state index contributed by atoms with van der Waals surface area (Å²) in [5.41, 5.74) is 0.473. The van der Waals surface area contributed by atoms with Gasteiger partial charge in [-0.1, -0.05) is 64.6 Å². The van der Waals surface area contributed by atoms with Crippen LogP contribution < -0.4 is 5.32 Å². The largest absolute Gasteiger partial charge is 0.351 e. The Labute approximate surface area is 185 Å². The summed E-state index contributed by atoms with van der Waals surface area (Å²) in [6.45, 7) is 10.2. The van der Waals surface area contributed by atoms with E-state index in [0.29, 0.717) is 17.2 Å². The average molecular weight is 442 g/mol. The van der Waals surface area contributed by atoms with Crippen LogP contribution in [-0.2, 0) is 11.3 Å². The highest BCUT2D eigenvalue weighted by Gasteiger charge is 2.21. The van der Waals surface area contributed by atoms with Crippen LogP contribution in [0.3, 0.4) is 0 Å². The lowest BCUT2D eigenvalue weighted by atomic mass is 9.96. The van der Waals surface area contributed by atoms with Crippen molar-refractivity contribution >= 4 is 45.7 Å². The molecule has 0 aliphatic rings. The average Bonchev–Trinajstić information content (AvgIpc) is 3.18. The summed E-state index contributed by atoms with van der Waals surface area (Å²) < 4.78 is 0. The maximum absolute atomic E-state index is 12.7. The van der Waals surface area contributed by atoms with Crippen LogP contribution in [0.25, 0.3) is 10.9 Å². The molecule has 3 aromatic rings. The second kappa shape index (κ2) is 9.27. The van der Waals surface area contributed by atoms with Crippen molar-refractivity contribution < 1.29 is 9.59 Å². The molecule has 1 aromatic carbocycles. The van der Waals surface area contributed by atoms with E-state index >= 15 is 0 Å². The molecule has 5 nitrogen and oxygen atoms in total. The molecule has 7 heteroatoms. The Kier molecular flexibility index (Phi) is 6.93. The van der Waals surface area contributed by atoms with Crippen molar-refractivity contribution in [2.75, 3.05) is 5.75 Å². The molecule has 0 spiro atoms. The number of ketones is 1. The number of carbonyl (C=O) groups is 2. The molecule has 30 heavy (non-hydrogen) atoms. The van der Waals surface area contributed by atoms with Gasteiger partial charge in [0.05, 0.1) is 22.7 Å². The smallest absolute Gasteiger partial charge is 0.225 e. The third kappa shape index (κ3) is 5.46. The standard InChI is InChI=1S/C23H27N3O2S2/c1-14(2)20-25-17-9-7-6-8-16(17)21(26-20)29-13-18(27)19-11-10-15(30-19)12-24-22(28)23(3,4)5/h6-11,14H,12-13H2,1-5H3,(H,24,28). The molecule has 0 saturated heterocycles. The molecule has 0 atom stereocenters. The number of aromatic nitrogens is 2. The topological polar surface area (TPSA) is 72.0 Å². The van der Waals surface area contributed by atoms with Gasteiger partial charge in [0.1, 0.15) is 10.9 Å². The predicted molar refractivity (Wildman–Crippen MR) is 124 cm³/mol. The quantitative estimate of drug-likeness (QED) is 0.300. The second-order valence-corrected chi connectivity index (χ2v) is 10.6. The molecule has 1 N–H and O–H groups in total. The number of nitrogens with zero attached hydrogens (tertiary/aromatic N) is 2. The van der Waals surface area contributed by atoms with Gasteiger partial charge in [-0.3, -0.25) is 9.59 Å². The highest BCUT2D eigenvalue weighted by Crippen LogP contribution is 2.28. The Bertz CT molecular complexity index is 1070. The molecule has 158 valence electrons. The van der Waals surface area contributed by atoms with E-state index < -0.39 is 5.41 Å². The summed E-state index contributed by atoms with van der Waals surface area (Å²) in [6, 6.07) is 11.6. The number of benzene rings is 1. The number of Topliss-reactive ketones (excluding diaryl/α,β-unsaturated/α-hetero) is 1. The maximum atomic E-state index is 12.7. The number of hydrogen-bond donors (Lipinski definition) is 1. The minimum atomic E-state index is -0.429. The van der Waals surface area contributed by atoms with Gasteiger partial charge in [0.15, 0.2) is 5.78 Å². The Morgan fingerprint density at radius 1 is 1.10 bits per heavy atom. The lowest BCUT2D eigenvalue weighted by Gasteiger charge is -2.17. The molecule has 2 heterocycles. The molecular formula is C23H27N3O2S2. The molecule has 3 rings (SSSR count). The van der Waals surface area contributed by atoms with Crippen LogP contribution in [0.2, 0.25) is 0 Å². The zero-order valence-corrected chi connectivity index (χ0v) is 19.6. The molecular weight excluding hydrogens is 414 g/mol. The first-order chi connectivity index (χ1) is 14.1. The van der Waals surface area contributed by atoms with Gasteiger partial charge in [-0.05, 0) is 18.2 Å². The van der Waals surface area contributed by atoms with Gasteiger partial charge >= 0.3 is 0 Å². The third-order valence-electron chi connectivity index (χ3n) is 4.48. The van der Waals surface area contributed by atoms with E-state index in [-0.39, 0.29) is 17.6 Å². The van der Waals surface area contributed by atoms with E-state index in [4.69, 9.17) is 4.98 Å². The number of amides is 1. The van der Waals surface area contributed by atoms with Crippen molar-refractivity contribution in [3.05, 3.63) is 52.0 Å². The minimum absolute atomic E-state index is 0.00377. The van der Waals surface area contributed by atoms with Crippen molar-refractivity contribution in [1.82, 2.24) is 15.3 Å². The van der Waals surface area contributed by atoms with Crippen LogP contribution in [0.1, 0.15) is 60.9 Å². The van der Waals surface area contributed by atoms with E-state index in [1.807, 2.05) is 57.2 Å². The first-order valence-electron chi connectivity index (χ1n) is 9.95. The molecule has 0 saturated carbocycles. The van der Waals surface area contributed by atoms with Crippen LogP contribution in [0.5, 0.6) is 0 Å². The van der Waals surface area contributed by atoms with Crippen LogP contribution in [0.4, 0.5) is 0 Å². The summed E-state index contributed by atoms with van der Waals surface area (Å²) in [7, 11) is 0. The molecule has 0 aliphatic carbocycles. The number of carbonyl (C=O) groups excluding carboxylic acids is 2. The summed E-state index contributed by atoms with van der Waals surface area (Å²) in [4.78, 5) is 35.8. The summed E-state index contributed by atoms with van der Waals surface area (Å²) in [5.74, 6) is 1.37. The third-order valence-corrected chi connectivity index (χ3v) is 6.60. The number of hydrogen-bond acceptors (Lipinski definition) is 6. The number of nitrogens with one attached hydrogen (secondary N) is 1. The number of thiophene rings is 1. The lowest BCUT2D eigenvalue weighted by Crippen LogP contribution is -2.34. The van der Waals surface area contributed by atoms with E-state index in [0.717, 1.165) is 26.6 Å². The Hall–Kier alpha value is -2.25. The normalized spacial score (nSPS) is 11.8. The van der Waals surface area contributed by atoms with Gasteiger partial charge in [0.2, 0.25) is 5.91 Å². The molecule has 0 radical (unpaired) electrons. The van der Waals surface area contributed by atoms with Gasteiger partial charge in [0.25, 0.3) is 0 Å².